The molecular formula is C14H12N4O2S. The van der Waals surface area contributed by atoms with Gasteiger partial charge in [0.15, 0.2) is 5.16 Å². The van der Waals surface area contributed by atoms with Crippen molar-refractivity contribution in [1.29, 1.82) is 0 Å². The lowest BCUT2D eigenvalue weighted by Crippen LogP contribution is -2.01. The van der Waals surface area contributed by atoms with Crippen molar-refractivity contribution in [2.45, 2.75) is 17.1 Å². The molecule has 3 rings (SSSR count). The van der Waals surface area contributed by atoms with E-state index in [1.807, 2.05) is 25.1 Å². The molecule has 21 heavy (non-hydrogen) atoms. The van der Waals surface area contributed by atoms with Gasteiger partial charge in [0.1, 0.15) is 5.03 Å². The lowest BCUT2D eigenvalue weighted by molar-refractivity contribution is 0.0696. The van der Waals surface area contributed by atoms with E-state index in [-0.39, 0.29) is 5.56 Å². The Morgan fingerprint density at radius 2 is 2.19 bits per heavy atom. The first-order valence-electron chi connectivity index (χ1n) is 6.16. The maximum Gasteiger partial charge on any atom is 0.337 e. The number of nitrogens with zero attached hydrogens (tertiary/aromatic N) is 2. The first-order valence-corrected chi connectivity index (χ1v) is 6.97. The molecule has 0 amide bonds. The van der Waals surface area contributed by atoms with Crippen LogP contribution >= 0.6 is 11.8 Å². The van der Waals surface area contributed by atoms with Crippen LogP contribution in [0.5, 0.6) is 0 Å². The van der Waals surface area contributed by atoms with Crippen LogP contribution in [0.2, 0.25) is 0 Å². The number of hydrogen-bond donors (Lipinski definition) is 3. The zero-order valence-corrected chi connectivity index (χ0v) is 11.9. The zero-order chi connectivity index (χ0) is 15.0. The number of benzene rings is 1. The smallest absolute Gasteiger partial charge is 0.337 e. The van der Waals surface area contributed by atoms with Crippen molar-refractivity contribution >= 4 is 34.5 Å². The highest BCUT2D eigenvalue weighted by Crippen LogP contribution is 2.30. The number of aromatic carboxylic acids is 1. The number of rotatable bonds is 3. The van der Waals surface area contributed by atoms with Crippen LogP contribution in [0.3, 0.4) is 0 Å². The second kappa shape index (κ2) is 5.10. The third-order valence-electron chi connectivity index (χ3n) is 2.93. The van der Waals surface area contributed by atoms with E-state index in [0.717, 1.165) is 16.6 Å². The van der Waals surface area contributed by atoms with Gasteiger partial charge in [-0.3, -0.25) is 0 Å². The quantitative estimate of drug-likeness (QED) is 0.687. The van der Waals surface area contributed by atoms with Crippen LogP contribution in [0, 0.1) is 6.92 Å². The molecule has 6 nitrogen and oxygen atoms in total. The first-order chi connectivity index (χ1) is 10.0. The molecule has 0 aliphatic heterocycles. The number of nitrogen functional groups attached to an aromatic ring is 1. The maximum atomic E-state index is 10.9. The number of nitrogens with two attached hydrogens (primary N) is 1. The average Bonchev–Trinajstić information content (AvgIpc) is 2.82. The van der Waals surface area contributed by atoms with Gasteiger partial charge in [0.25, 0.3) is 0 Å². The predicted octanol–water partition coefficient (Wildman–Crippen LogP) is 2.70. The van der Waals surface area contributed by atoms with Crippen molar-refractivity contribution in [2.24, 2.45) is 0 Å². The summed E-state index contributed by atoms with van der Waals surface area (Å²) in [6, 6.07) is 7.34. The van der Waals surface area contributed by atoms with Crippen molar-refractivity contribution in [3.8, 4) is 0 Å². The third-order valence-corrected chi connectivity index (χ3v) is 3.86. The number of anilines is 1. The fraction of sp³-hybridized carbons (Fsp3) is 0.0714. The molecule has 0 aliphatic rings. The number of carboxylic acid groups (broad SMARTS) is 1. The molecule has 2 aromatic heterocycles. The van der Waals surface area contributed by atoms with E-state index in [4.69, 9.17) is 10.8 Å². The third kappa shape index (κ3) is 2.68. The normalized spacial score (nSPS) is 10.9. The van der Waals surface area contributed by atoms with Gasteiger partial charge in [0.2, 0.25) is 0 Å². The molecule has 2 heterocycles. The number of aromatic amines is 1. The van der Waals surface area contributed by atoms with E-state index in [2.05, 4.69) is 15.0 Å². The van der Waals surface area contributed by atoms with Crippen molar-refractivity contribution < 1.29 is 9.90 Å². The monoisotopic (exact) mass is 300 g/mol. The van der Waals surface area contributed by atoms with Gasteiger partial charge in [0.05, 0.1) is 22.3 Å². The molecule has 0 spiro atoms. The van der Waals surface area contributed by atoms with E-state index in [0.29, 0.717) is 15.9 Å². The second-order valence-electron chi connectivity index (χ2n) is 4.59. The number of carbonyl (C=O) groups is 1. The van der Waals surface area contributed by atoms with Gasteiger partial charge in [-0.2, -0.15) is 0 Å². The summed E-state index contributed by atoms with van der Waals surface area (Å²) in [6.07, 6.45) is 1.29. The van der Waals surface area contributed by atoms with Crippen LogP contribution in [0.4, 0.5) is 5.69 Å². The number of H-pyrrole nitrogens is 1. The molecule has 0 bridgehead atoms. The number of carboxylic acids is 1. The predicted molar refractivity (Wildman–Crippen MR) is 80.6 cm³/mol. The van der Waals surface area contributed by atoms with Crippen molar-refractivity contribution in [1.82, 2.24) is 15.0 Å². The van der Waals surface area contributed by atoms with Crippen LogP contribution in [-0.4, -0.2) is 26.0 Å². The molecule has 106 valence electrons. The topological polar surface area (TPSA) is 105 Å². The Labute approximate surface area is 124 Å². The summed E-state index contributed by atoms with van der Waals surface area (Å²) < 4.78 is 0. The fourth-order valence-corrected chi connectivity index (χ4v) is 2.68. The fourth-order valence-electron chi connectivity index (χ4n) is 1.91. The molecule has 0 atom stereocenters. The molecule has 7 heteroatoms. The Kier molecular flexibility index (Phi) is 3.26. The van der Waals surface area contributed by atoms with Crippen LogP contribution in [-0.2, 0) is 0 Å². The van der Waals surface area contributed by atoms with Gasteiger partial charge >= 0.3 is 5.97 Å². The number of pyridine rings is 1. The van der Waals surface area contributed by atoms with Gasteiger partial charge in [-0.25, -0.2) is 14.8 Å². The summed E-state index contributed by atoms with van der Waals surface area (Å²) >= 11 is 1.27. The minimum Gasteiger partial charge on any atom is -0.478 e. The first kappa shape index (κ1) is 13.4. The molecule has 0 fully saturated rings. The number of aryl methyl sites for hydroxylation is 1. The largest absolute Gasteiger partial charge is 0.478 e. The van der Waals surface area contributed by atoms with E-state index in [9.17, 15) is 4.79 Å². The Morgan fingerprint density at radius 1 is 1.38 bits per heavy atom. The van der Waals surface area contributed by atoms with Gasteiger partial charge in [-0.1, -0.05) is 6.07 Å². The van der Waals surface area contributed by atoms with E-state index >= 15 is 0 Å². The molecular weight excluding hydrogens is 288 g/mol. The highest BCUT2D eigenvalue weighted by Gasteiger charge is 2.11. The summed E-state index contributed by atoms with van der Waals surface area (Å²) in [5.41, 5.74) is 9.17. The van der Waals surface area contributed by atoms with E-state index in [1.54, 1.807) is 0 Å². The molecule has 0 saturated heterocycles. The summed E-state index contributed by atoms with van der Waals surface area (Å²) in [5, 5.41) is 10.1. The second-order valence-corrected chi connectivity index (χ2v) is 5.57. The molecule has 3 aromatic rings. The Bertz CT molecular complexity index is 844. The van der Waals surface area contributed by atoms with Crippen LogP contribution in [0.25, 0.3) is 11.0 Å². The number of hydrogen-bond acceptors (Lipinski definition) is 5. The van der Waals surface area contributed by atoms with Crippen molar-refractivity contribution in [2.75, 3.05) is 5.73 Å². The van der Waals surface area contributed by atoms with Crippen LogP contribution < -0.4 is 5.73 Å². The average molecular weight is 300 g/mol. The zero-order valence-electron chi connectivity index (χ0n) is 11.1. The molecule has 1 aromatic carbocycles. The highest BCUT2D eigenvalue weighted by molar-refractivity contribution is 7.99. The number of fused-ring (bicyclic) bond motifs is 1. The SMILES string of the molecule is Cc1ccc2nc(Sc3ncc(C(=O)O)cc3N)[nH]c2c1. The standard InChI is InChI=1S/C14H12N4O2S/c1-7-2-3-10-11(4-7)18-14(17-10)21-12-9(15)5-8(6-16-12)13(19)20/h2-6H,15H2,1H3,(H,17,18)(H,19,20). The highest BCUT2D eigenvalue weighted by atomic mass is 32.2. The van der Waals surface area contributed by atoms with Gasteiger partial charge in [-0.05, 0) is 42.4 Å². The minimum absolute atomic E-state index is 0.0667. The van der Waals surface area contributed by atoms with Crippen LogP contribution in [0.15, 0.2) is 40.6 Å². The minimum atomic E-state index is -1.05. The molecule has 4 N–H and O–H groups in total. The van der Waals surface area contributed by atoms with Gasteiger partial charge < -0.3 is 15.8 Å². The summed E-state index contributed by atoms with van der Waals surface area (Å²) in [4.78, 5) is 22.6. The van der Waals surface area contributed by atoms with Gasteiger partial charge in [-0.15, -0.1) is 0 Å². The maximum absolute atomic E-state index is 10.9. The summed E-state index contributed by atoms with van der Waals surface area (Å²) in [6.45, 7) is 2.01. The number of nitrogens with one attached hydrogen (secondary N) is 1. The van der Waals surface area contributed by atoms with E-state index in [1.165, 1.54) is 24.0 Å². The van der Waals surface area contributed by atoms with Crippen molar-refractivity contribution in [3.63, 3.8) is 0 Å². The Hall–Kier alpha value is -2.54. The lowest BCUT2D eigenvalue weighted by atomic mass is 10.2. The molecule has 0 saturated carbocycles. The van der Waals surface area contributed by atoms with Crippen molar-refractivity contribution in [3.05, 3.63) is 41.6 Å². The molecule has 0 radical (unpaired) electrons. The Morgan fingerprint density at radius 3 is 2.90 bits per heavy atom. The van der Waals surface area contributed by atoms with E-state index < -0.39 is 5.97 Å². The number of imidazole rings is 1. The lowest BCUT2D eigenvalue weighted by Gasteiger charge is -2.02. The van der Waals surface area contributed by atoms with Crippen LogP contribution in [0.1, 0.15) is 15.9 Å². The van der Waals surface area contributed by atoms with Gasteiger partial charge in [0, 0.05) is 6.20 Å². The Balaban J connectivity index is 1.93. The summed E-state index contributed by atoms with van der Waals surface area (Å²) in [5.74, 6) is -1.05. The molecule has 0 unspecified atom stereocenters. The molecule has 0 aliphatic carbocycles. The number of aromatic nitrogens is 3. The summed E-state index contributed by atoms with van der Waals surface area (Å²) in [7, 11) is 0.